The zero-order valence-corrected chi connectivity index (χ0v) is 15.0. The maximum absolute atomic E-state index is 10.0. The fraction of sp³-hybridized carbons (Fsp3) is 0.619. The molecule has 3 aliphatic carbocycles. The molecule has 0 amide bonds. The third kappa shape index (κ3) is 4.08. The largest absolute Gasteiger partial charge is 0.389 e. The molecule has 0 aliphatic heterocycles. The number of hydrogen-bond donors (Lipinski definition) is 2. The van der Waals surface area contributed by atoms with Gasteiger partial charge < -0.3 is 15.2 Å². The van der Waals surface area contributed by atoms with Crippen molar-refractivity contribution in [3.05, 3.63) is 47.5 Å². The molecule has 3 heteroatoms. The van der Waals surface area contributed by atoms with Gasteiger partial charge in [-0.05, 0) is 54.2 Å². The third-order valence-corrected chi connectivity index (χ3v) is 5.97. The van der Waals surface area contributed by atoms with Crippen LogP contribution in [0.25, 0.3) is 0 Å². The van der Waals surface area contributed by atoms with Crippen LogP contribution in [0, 0.1) is 17.3 Å². The first-order valence-corrected chi connectivity index (χ1v) is 9.26. The number of allylic oxidation sites excluding steroid dienone is 1. The molecule has 132 valence electrons. The molecule has 0 aromatic heterocycles. The van der Waals surface area contributed by atoms with Crippen molar-refractivity contribution in [2.45, 2.75) is 39.2 Å². The van der Waals surface area contributed by atoms with E-state index in [1.807, 2.05) is 6.07 Å². The molecular formula is C21H31NO2. The molecule has 0 radical (unpaired) electrons. The average molecular weight is 329 g/mol. The predicted octanol–water partition coefficient (Wildman–Crippen LogP) is 3.19. The Bertz CT molecular complexity index is 552. The SMILES string of the molecule is CC1(C)C2CC=C(COCC(O)CNCCc3ccccc3)C1C2. The fourth-order valence-electron chi connectivity index (χ4n) is 4.16. The average Bonchev–Trinajstić information content (AvgIpc) is 2.59. The standard InChI is InChI=1S/C21H31NO2/c1-21(2)18-9-8-17(20(21)12-18)14-24-15-19(23)13-22-11-10-16-6-4-3-5-7-16/h3-8,18-20,22-23H,9-15H2,1-2H3. The lowest BCUT2D eigenvalue weighted by Crippen LogP contribution is -2.48. The topological polar surface area (TPSA) is 41.5 Å². The van der Waals surface area contributed by atoms with Crippen LogP contribution in [-0.4, -0.2) is 37.5 Å². The number of fused-ring (bicyclic) bond motifs is 1. The molecule has 1 aromatic carbocycles. The summed E-state index contributed by atoms with van der Waals surface area (Å²) >= 11 is 0. The van der Waals surface area contributed by atoms with Gasteiger partial charge in [-0.3, -0.25) is 0 Å². The number of aliphatic hydroxyl groups excluding tert-OH is 1. The van der Waals surface area contributed by atoms with Gasteiger partial charge in [0, 0.05) is 6.54 Å². The molecule has 3 atom stereocenters. The third-order valence-electron chi connectivity index (χ3n) is 5.97. The summed E-state index contributed by atoms with van der Waals surface area (Å²) < 4.78 is 5.78. The van der Waals surface area contributed by atoms with Crippen LogP contribution >= 0.6 is 0 Å². The Morgan fingerprint density at radius 2 is 2.08 bits per heavy atom. The van der Waals surface area contributed by atoms with Crippen molar-refractivity contribution in [1.29, 1.82) is 0 Å². The summed E-state index contributed by atoms with van der Waals surface area (Å²) in [7, 11) is 0. The molecule has 0 heterocycles. The lowest BCUT2D eigenvalue weighted by molar-refractivity contribution is -0.0235. The van der Waals surface area contributed by atoms with Gasteiger partial charge in [-0.1, -0.05) is 50.3 Å². The van der Waals surface area contributed by atoms with Crippen LogP contribution in [0.3, 0.4) is 0 Å². The maximum atomic E-state index is 10.0. The van der Waals surface area contributed by atoms with Crippen molar-refractivity contribution in [3.8, 4) is 0 Å². The molecule has 4 rings (SSSR count). The number of hydrogen-bond acceptors (Lipinski definition) is 3. The van der Waals surface area contributed by atoms with Gasteiger partial charge in [0.2, 0.25) is 0 Å². The molecule has 2 bridgehead atoms. The second-order valence-electron chi connectivity index (χ2n) is 7.93. The predicted molar refractivity (Wildman–Crippen MR) is 97.9 cm³/mol. The van der Waals surface area contributed by atoms with E-state index in [0.29, 0.717) is 31.1 Å². The number of nitrogens with one attached hydrogen (secondary N) is 1. The van der Waals surface area contributed by atoms with Crippen molar-refractivity contribution in [2.75, 3.05) is 26.3 Å². The monoisotopic (exact) mass is 329 g/mol. The normalized spacial score (nSPS) is 25.7. The zero-order chi connectivity index (χ0) is 17.0. The smallest absolute Gasteiger partial charge is 0.0897 e. The van der Waals surface area contributed by atoms with E-state index in [1.54, 1.807) is 0 Å². The minimum Gasteiger partial charge on any atom is -0.389 e. The van der Waals surface area contributed by atoms with E-state index in [-0.39, 0.29) is 0 Å². The van der Waals surface area contributed by atoms with E-state index in [2.05, 4.69) is 49.5 Å². The summed E-state index contributed by atoms with van der Waals surface area (Å²) in [6.07, 6.45) is 5.44. The highest BCUT2D eigenvalue weighted by Crippen LogP contribution is 2.59. The number of aliphatic hydroxyl groups is 1. The van der Waals surface area contributed by atoms with Crippen molar-refractivity contribution >= 4 is 0 Å². The highest BCUT2D eigenvalue weighted by Gasteiger charge is 2.50. The van der Waals surface area contributed by atoms with Gasteiger partial charge in [0.15, 0.2) is 0 Å². The summed E-state index contributed by atoms with van der Waals surface area (Å²) in [5, 5.41) is 13.4. The second-order valence-corrected chi connectivity index (χ2v) is 7.93. The zero-order valence-electron chi connectivity index (χ0n) is 15.0. The molecule has 3 unspecified atom stereocenters. The Labute approximate surface area is 146 Å². The number of ether oxygens (including phenoxy) is 1. The van der Waals surface area contributed by atoms with Gasteiger partial charge in [-0.25, -0.2) is 0 Å². The summed E-state index contributed by atoms with van der Waals surface area (Å²) in [4.78, 5) is 0. The van der Waals surface area contributed by atoms with Crippen LogP contribution < -0.4 is 5.32 Å². The molecule has 1 saturated carbocycles. The van der Waals surface area contributed by atoms with Gasteiger partial charge >= 0.3 is 0 Å². The first kappa shape index (κ1) is 17.7. The summed E-state index contributed by atoms with van der Waals surface area (Å²) in [6.45, 7) is 7.32. The molecule has 2 N–H and O–H groups in total. The van der Waals surface area contributed by atoms with Crippen LogP contribution in [0.5, 0.6) is 0 Å². The lowest BCUT2D eigenvalue weighted by atomic mass is 9.49. The van der Waals surface area contributed by atoms with Crippen LogP contribution in [0.1, 0.15) is 32.3 Å². The van der Waals surface area contributed by atoms with Gasteiger partial charge in [-0.15, -0.1) is 0 Å². The molecule has 24 heavy (non-hydrogen) atoms. The summed E-state index contributed by atoms with van der Waals surface area (Å²) in [5.41, 5.74) is 3.22. The minimum atomic E-state index is -0.438. The summed E-state index contributed by atoms with van der Waals surface area (Å²) in [5.74, 6) is 1.56. The van der Waals surface area contributed by atoms with Crippen molar-refractivity contribution in [1.82, 2.24) is 5.32 Å². The second kappa shape index (κ2) is 7.81. The highest BCUT2D eigenvalue weighted by atomic mass is 16.5. The Kier molecular flexibility index (Phi) is 5.75. The van der Waals surface area contributed by atoms with Crippen molar-refractivity contribution in [3.63, 3.8) is 0 Å². The molecule has 3 aliphatic rings. The molecule has 1 aromatic rings. The van der Waals surface area contributed by atoms with Gasteiger partial charge in [0.1, 0.15) is 0 Å². The van der Waals surface area contributed by atoms with E-state index in [4.69, 9.17) is 4.74 Å². The number of benzene rings is 1. The fourth-order valence-corrected chi connectivity index (χ4v) is 4.16. The van der Waals surface area contributed by atoms with Gasteiger partial charge in [-0.2, -0.15) is 0 Å². The van der Waals surface area contributed by atoms with Crippen LogP contribution in [-0.2, 0) is 11.2 Å². The van der Waals surface area contributed by atoms with Crippen LogP contribution in [0.4, 0.5) is 0 Å². The quantitative estimate of drug-likeness (QED) is 0.540. The molecule has 0 spiro atoms. The van der Waals surface area contributed by atoms with Gasteiger partial charge in [0.25, 0.3) is 0 Å². The lowest BCUT2D eigenvalue weighted by Gasteiger charge is -2.56. The van der Waals surface area contributed by atoms with Crippen LogP contribution in [0.2, 0.25) is 0 Å². The van der Waals surface area contributed by atoms with E-state index < -0.39 is 6.10 Å². The molecule has 3 nitrogen and oxygen atoms in total. The Balaban J connectivity index is 1.28. The molecule has 1 fully saturated rings. The van der Waals surface area contributed by atoms with Crippen molar-refractivity contribution < 1.29 is 9.84 Å². The minimum absolute atomic E-state index is 0.409. The Morgan fingerprint density at radius 1 is 1.29 bits per heavy atom. The first-order chi connectivity index (χ1) is 11.6. The van der Waals surface area contributed by atoms with E-state index in [9.17, 15) is 5.11 Å². The highest BCUT2D eigenvalue weighted by molar-refractivity contribution is 5.23. The van der Waals surface area contributed by atoms with E-state index >= 15 is 0 Å². The maximum Gasteiger partial charge on any atom is 0.0897 e. The van der Waals surface area contributed by atoms with Crippen molar-refractivity contribution in [2.24, 2.45) is 17.3 Å². The van der Waals surface area contributed by atoms with Crippen LogP contribution in [0.15, 0.2) is 42.0 Å². The van der Waals surface area contributed by atoms with E-state index in [1.165, 1.54) is 24.0 Å². The summed E-state index contributed by atoms with van der Waals surface area (Å²) in [6, 6.07) is 10.4. The first-order valence-electron chi connectivity index (χ1n) is 9.26. The Hall–Kier alpha value is -1.16. The molecular weight excluding hydrogens is 298 g/mol. The number of rotatable bonds is 9. The van der Waals surface area contributed by atoms with E-state index in [0.717, 1.165) is 18.9 Å². The Morgan fingerprint density at radius 3 is 2.79 bits per heavy atom. The van der Waals surface area contributed by atoms with Gasteiger partial charge in [0.05, 0.1) is 19.3 Å². The molecule has 0 saturated heterocycles.